The fourth-order valence-corrected chi connectivity index (χ4v) is 7.61. The summed E-state index contributed by atoms with van der Waals surface area (Å²) in [6, 6.07) is 13.2. The molecule has 4 aliphatic heterocycles. The predicted octanol–water partition coefficient (Wildman–Crippen LogP) is 5.79. The maximum atomic E-state index is 11.9. The Bertz CT molecular complexity index is 1650. The quantitative estimate of drug-likeness (QED) is 0.338. The maximum absolute atomic E-state index is 11.9. The second-order valence-electron chi connectivity index (χ2n) is 12.5. The highest BCUT2D eigenvalue weighted by molar-refractivity contribution is 7.85. The van der Waals surface area contributed by atoms with Crippen molar-refractivity contribution in [1.82, 2.24) is 5.32 Å². The van der Waals surface area contributed by atoms with Gasteiger partial charge in [0.2, 0.25) is 5.69 Å². The number of carbonyl (C=O) groups excluding carboxylic acids is 1. The lowest BCUT2D eigenvalue weighted by atomic mass is 9.73. The van der Waals surface area contributed by atoms with Gasteiger partial charge in [0.25, 0.3) is 10.1 Å². The molecule has 0 bridgehead atoms. The van der Waals surface area contributed by atoms with E-state index in [9.17, 15) is 17.8 Å². The van der Waals surface area contributed by atoms with E-state index in [1.165, 1.54) is 6.07 Å². The van der Waals surface area contributed by atoms with E-state index >= 15 is 0 Å². The number of rotatable bonds is 5. The molecular weight excluding hydrogens is 548 g/mol. The van der Waals surface area contributed by atoms with Crippen LogP contribution < -0.4 is 5.32 Å². The summed E-state index contributed by atoms with van der Waals surface area (Å²) in [4.78, 5) is 11.7. The maximum Gasteiger partial charge on any atom is 0.294 e. The Kier molecular flexibility index (Phi) is 7.88. The molecule has 2 unspecified atom stereocenters. The Morgan fingerprint density at radius 1 is 1.12 bits per heavy atom. The molecule has 0 amide bonds. The van der Waals surface area contributed by atoms with Crippen LogP contribution in [-0.2, 0) is 36.9 Å². The van der Waals surface area contributed by atoms with Crippen LogP contribution in [0.15, 0.2) is 70.3 Å². The first-order valence-electron chi connectivity index (χ1n) is 15.0. The molecule has 0 aliphatic carbocycles. The molecule has 0 saturated heterocycles. The van der Waals surface area contributed by atoms with Gasteiger partial charge in [0, 0.05) is 53.3 Å². The monoisotopic (exact) mass is 591 g/mol. The third-order valence-corrected chi connectivity index (χ3v) is 9.89. The average molecular weight is 592 g/mol. The van der Waals surface area contributed by atoms with Crippen molar-refractivity contribution in [1.29, 1.82) is 0 Å². The summed E-state index contributed by atoms with van der Waals surface area (Å²) < 4.78 is 42.7. The summed E-state index contributed by atoms with van der Waals surface area (Å²) in [6.07, 6.45) is 4.43. The molecule has 4 aliphatic rings. The summed E-state index contributed by atoms with van der Waals surface area (Å²) in [5, 5.41) is 3.71. The molecule has 2 aromatic rings. The highest BCUT2D eigenvalue weighted by Crippen LogP contribution is 2.48. The normalized spacial score (nSPS) is 22.5. The van der Waals surface area contributed by atoms with E-state index in [1.54, 1.807) is 13.0 Å². The number of hydrogen-bond donors (Lipinski definition) is 2. The minimum atomic E-state index is -4.31. The zero-order chi connectivity index (χ0) is 30.6. The summed E-state index contributed by atoms with van der Waals surface area (Å²) in [5.41, 5.74) is 7.76. The van der Waals surface area contributed by atoms with E-state index in [0.29, 0.717) is 6.42 Å². The number of hydrogen-bond acceptors (Lipinski definition) is 5. The number of fused-ring (bicyclic) bond motifs is 5. The van der Waals surface area contributed by atoms with Gasteiger partial charge < -0.3 is 10.1 Å². The molecule has 2 aromatic carbocycles. The van der Waals surface area contributed by atoms with Crippen LogP contribution in [0.5, 0.6) is 0 Å². The standard InChI is InChI=1S/C32H36N2O5S.C2H6/c1-19(35)15-20-7-6-8-21(16-20)31(2,3)29-23-18-24-28(39-27(23)11-13-33-29)12-14-34-26-10-9-22(40(36,37)38)17-25(26)32(4,5)30(24)34;1-2/h6-10,16-18,27-28H,11-15H2,1-5H3,(H,36,37,38);1-2H3/p+1. The largest absolute Gasteiger partial charge is 0.387 e. The first-order valence-corrected chi connectivity index (χ1v) is 16.4. The number of ether oxygens (including phenoxy) is 1. The number of nitrogens with one attached hydrogen (secondary N) is 1. The minimum absolute atomic E-state index is 0.00477. The summed E-state index contributed by atoms with van der Waals surface area (Å²) >= 11 is 0. The highest BCUT2D eigenvalue weighted by atomic mass is 32.2. The summed E-state index contributed by atoms with van der Waals surface area (Å²) in [6.45, 7) is 15.9. The molecule has 0 spiro atoms. The minimum Gasteiger partial charge on any atom is -0.387 e. The fraction of sp³-hybridized carbons (Fsp3) is 0.471. The number of ketones is 1. The molecule has 6 rings (SSSR count). The van der Waals surface area contributed by atoms with Gasteiger partial charge in [0.15, 0.2) is 12.3 Å². The van der Waals surface area contributed by atoms with Gasteiger partial charge in [0.1, 0.15) is 5.78 Å². The average Bonchev–Trinajstić information content (AvgIpc) is 3.18. The molecule has 0 fully saturated rings. The van der Waals surface area contributed by atoms with Crippen molar-refractivity contribution < 1.29 is 27.1 Å². The van der Waals surface area contributed by atoms with Crippen molar-refractivity contribution in [3.63, 3.8) is 0 Å². The Labute approximate surface area is 250 Å². The first-order chi connectivity index (χ1) is 19.8. The van der Waals surface area contributed by atoms with Crippen LogP contribution in [0.3, 0.4) is 0 Å². The van der Waals surface area contributed by atoms with Gasteiger partial charge in [-0.2, -0.15) is 13.0 Å². The molecule has 0 saturated carbocycles. The van der Waals surface area contributed by atoms with Crippen LogP contribution in [0.4, 0.5) is 5.69 Å². The molecule has 2 atom stereocenters. The van der Waals surface area contributed by atoms with Crippen LogP contribution in [0, 0.1) is 0 Å². The van der Waals surface area contributed by atoms with Gasteiger partial charge in [-0.1, -0.05) is 52.0 Å². The Hall–Kier alpha value is -3.07. The predicted molar refractivity (Wildman–Crippen MR) is 165 cm³/mol. The SMILES string of the molecule is CC.CC(=O)Cc1cccc(C(C)(C)C2=C3C=C4C5=[N+](CCC4OC3CCN2)c2ccc(S(=O)(=O)O)cc2C5(C)C)c1. The van der Waals surface area contributed by atoms with Crippen molar-refractivity contribution in [2.24, 2.45) is 0 Å². The number of benzene rings is 2. The van der Waals surface area contributed by atoms with Crippen LogP contribution >= 0.6 is 0 Å². The van der Waals surface area contributed by atoms with Gasteiger partial charge in [-0.05, 0) is 56.5 Å². The second-order valence-corrected chi connectivity index (χ2v) is 14.0. The van der Waals surface area contributed by atoms with Crippen molar-refractivity contribution in [3.05, 3.63) is 82.1 Å². The molecule has 7 nitrogen and oxygen atoms in total. The van der Waals surface area contributed by atoms with Crippen molar-refractivity contribution >= 4 is 27.3 Å². The number of nitrogens with zero attached hydrogens (tertiary/aromatic N) is 1. The smallest absolute Gasteiger partial charge is 0.294 e. The van der Waals surface area contributed by atoms with E-state index < -0.39 is 15.5 Å². The highest BCUT2D eigenvalue weighted by Gasteiger charge is 2.53. The lowest BCUT2D eigenvalue weighted by Gasteiger charge is -2.42. The van der Waals surface area contributed by atoms with Gasteiger partial charge in [0.05, 0.1) is 22.5 Å². The summed E-state index contributed by atoms with van der Waals surface area (Å²) in [7, 11) is -4.31. The van der Waals surface area contributed by atoms with E-state index in [0.717, 1.165) is 70.9 Å². The van der Waals surface area contributed by atoms with Crippen LogP contribution in [0.25, 0.3) is 0 Å². The van der Waals surface area contributed by atoms with Crippen LogP contribution in [-0.4, -0.2) is 54.3 Å². The first kappa shape index (κ1) is 30.4. The van der Waals surface area contributed by atoms with Gasteiger partial charge in [-0.3, -0.25) is 9.35 Å². The summed E-state index contributed by atoms with van der Waals surface area (Å²) in [5.74, 6) is 0.145. The Morgan fingerprint density at radius 2 is 1.86 bits per heavy atom. The molecule has 0 aromatic heterocycles. The molecule has 42 heavy (non-hydrogen) atoms. The molecule has 4 heterocycles. The molecule has 2 N–H and O–H groups in total. The zero-order valence-electron chi connectivity index (χ0n) is 25.7. The van der Waals surface area contributed by atoms with Crippen molar-refractivity contribution in [3.8, 4) is 0 Å². The third kappa shape index (κ3) is 5.07. The van der Waals surface area contributed by atoms with Gasteiger partial charge in [-0.25, -0.2) is 0 Å². The molecule has 0 radical (unpaired) electrons. The van der Waals surface area contributed by atoms with E-state index in [1.807, 2.05) is 32.0 Å². The number of allylic oxidation sites excluding steroid dienone is 1. The Morgan fingerprint density at radius 3 is 2.55 bits per heavy atom. The van der Waals surface area contributed by atoms with E-state index in [-0.39, 0.29) is 28.3 Å². The molecular formula is C34H43N2O5S+. The molecule has 224 valence electrons. The Balaban J connectivity index is 0.00000173. The van der Waals surface area contributed by atoms with Gasteiger partial charge >= 0.3 is 0 Å². The number of Topliss-reactive ketones (excluding diaryl/α,β-unsaturated/α-hetero) is 1. The van der Waals surface area contributed by atoms with E-state index in [4.69, 9.17) is 4.74 Å². The van der Waals surface area contributed by atoms with Gasteiger partial charge in [-0.15, -0.1) is 0 Å². The third-order valence-electron chi connectivity index (χ3n) is 9.04. The molecule has 8 heteroatoms. The van der Waals surface area contributed by atoms with Crippen LogP contribution in [0.1, 0.15) is 78.0 Å². The van der Waals surface area contributed by atoms with Crippen LogP contribution in [0.2, 0.25) is 0 Å². The van der Waals surface area contributed by atoms with Crippen molar-refractivity contribution in [2.75, 3.05) is 13.1 Å². The fourth-order valence-electron chi connectivity index (χ4n) is 7.11. The zero-order valence-corrected chi connectivity index (χ0v) is 26.6. The lowest BCUT2D eigenvalue weighted by Crippen LogP contribution is -2.48. The van der Waals surface area contributed by atoms with Crippen molar-refractivity contribution in [2.45, 2.75) is 95.7 Å². The number of carbonyl (C=O) groups is 1. The van der Waals surface area contributed by atoms with E-state index in [2.05, 4.69) is 55.8 Å². The topological polar surface area (TPSA) is 95.7 Å². The lowest BCUT2D eigenvalue weighted by molar-refractivity contribution is -0.445. The second kappa shape index (κ2) is 10.9.